The molecule has 1 aromatic rings. The lowest BCUT2D eigenvalue weighted by molar-refractivity contribution is 0.0747. The Morgan fingerprint density at radius 1 is 1.11 bits per heavy atom. The highest BCUT2D eigenvalue weighted by Crippen LogP contribution is 2.23. The standard InChI is InChI=1S/C20H34N4O2.HI/c1-5-21-20(22-9-14-26-16-15-25-4)24-12-10-23(11-13-24)19-8-6-7-17(2)18(19)3;/h6-8H,5,9-16H2,1-4H3,(H,21,22);1H. The summed E-state index contributed by atoms with van der Waals surface area (Å²) in [5.74, 6) is 0.989. The molecule has 1 N–H and O–H groups in total. The lowest BCUT2D eigenvalue weighted by Gasteiger charge is -2.38. The molecule has 27 heavy (non-hydrogen) atoms. The van der Waals surface area contributed by atoms with Crippen LogP contribution in [0, 0.1) is 13.8 Å². The van der Waals surface area contributed by atoms with Crippen molar-refractivity contribution in [3.63, 3.8) is 0 Å². The molecule has 1 fully saturated rings. The van der Waals surface area contributed by atoms with Gasteiger partial charge in [-0.25, -0.2) is 0 Å². The van der Waals surface area contributed by atoms with Crippen molar-refractivity contribution in [1.29, 1.82) is 0 Å². The second kappa shape index (κ2) is 13.2. The van der Waals surface area contributed by atoms with Gasteiger partial charge in [-0.15, -0.1) is 24.0 Å². The first-order chi connectivity index (χ1) is 12.7. The Morgan fingerprint density at radius 2 is 1.85 bits per heavy atom. The fourth-order valence-corrected chi connectivity index (χ4v) is 3.12. The number of hydrogen-bond donors (Lipinski definition) is 1. The van der Waals surface area contributed by atoms with E-state index in [1.807, 2.05) is 0 Å². The van der Waals surface area contributed by atoms with Crippen LogP contribution < -0.4 is 10.2 Å². The monoisotopic (exact) mass is 490 g/mol. The average Bonchev–Trinajstić information content (AvgIpc) is 2.66. The summed E-state index contributed by atoms with van der Waals surface area (Å²) in [7, 11) is 1.68. The van der Waals surface area contributed by atoms with Gasteiger partial charge in [0.2, 0.25) is 0 Å². The molecule has 1 aromatic carbocycles. The van der Waals surface area contributed by atoms with Crippen LogP contribution in [0.1, 0.15) is 18.1 Å². The van der Waals surface area contributed by atoms with Gasteiger partial charge in [0.1, 0.15) is 0 Å². The van der Waals surface area contributed by atoms with Crippen LogP contribution in [-0.2, 0) is 9.47 Å². The minimum atomic E-state index is 0. The Hall–Kier alpha value is -1.06. The number of aliphatic imine (C=N–C) groups is 1. The fourth-order valence-electron chi connectivity index (χ4n) is 3.12. The van der Waals surface area contributed by atoms with Crippen LogP contribution in [0.5, 0.6) is 0 Å². The Kier molecular flexibility index (Phi) is 11.7. The summed E-state index contributed by atoms with van der Waals surface area (Å²) in [6.07, 6.45) is 0. The highest BCUT2D eigenvalue weighted by atomic mass is 127. The molecular weight excluding hydrogens is 455 g/mol. The van der Waals surface area contributed by atoms with E-state index in [1.165, 1.54) is 16.8 Å². The van der Waals surface area contributed by atoms with E-state index in [4.69, 9.17) is 14.5 Å². The first kappa shape index (κ1) is 24.0. The van der Waals surface area contributed by atoms with Crippen molar-refractivity contribution in [2.75, 3.05) is 71.1 Å². The molecule has 0 aromatic heterocycles. The second-order valence-electron chi connectivity index (χ2n) is 6.53. The maximum absolute atomic E-state index is 5.50. The van der Waals surface area contributed by atoms with Gasteiger partial charge in [-0.3, -0.25) is 4.99 Å². The lowest BCUT2D eigenvalue weighted by Crippen LogP contribution is -2.52. The van der Waals surface area contributed by atoms with Gasteiger partial charge in [-0.05, 0) is 38.0 Å². The molecule has 0 unspecified atom stereocenters. The van der Waals surface area contributed by atoms with E-state index in [-0.39, 0.29) is 24.0 Å². The SMILES string of the molecule is CCNC(=NCCOCCOC)N1CCN(c2cccc(C)c2C)CC1.I. The molecular formula is C20H35IN4O2. The van der Waals surface area contributed by atoms with Crippen LogP contribution in [0.4, 0.5) is 5.69 Å². The molecule has 0 bridgehead atoms. The van der Waals surface area contributed by atoms with Crippen molar-refractivity contribution >= 4 is 35.6 Å². The number of nitrogens with zero attached hydrogens (tertiary/aromatic N) is 3. The minimum absolute atomic E-state index is 0. The van der Waals surface area contributed by atoms with E-state index in [2.05, 4.69) is 54.1 Å². The number of hydrogen-bond acceptors (Lipinski definition) is 4. The van der Waals surface area contributed by atoms with Gasteiger partial charge in [0.15, 0.2) is 5.96 Å². The summed E-state index contributed by atoms with van der Waals surface area (Å²) in [6.45, 7) is 13.9. The molecule has 0 aliphatic carbocycles. The molecule has 2 rings (SSSR count). The smallest absolute Gasteiger partial charge is 0.194 e. The number of ether oxygens (including phenoxy) is 2. The number of piperazine rings is 1. The molecule has 0 spiro atoms. The zero-order chi connectivity index (χ0) is 18.8. The summed E-state index contributed by atoms with van der Waals surface area (Å²) in [5, 5.41) is 3.41. The Bertz CT molecular complexity index is 575. The number of benzene rings is 1. The largest absolute Gasteiger partial charge is 0.382 e. The average molecular weight is 490 g/mol. The summed E-state index contributed by atoms with van der Waals surface area (Å²) in [4.78, 5) is 9.54. The summed E-state index contributed by atoms with van der Waals surface area (Å²) in [5.41, 5.74) is 4.10. The summed E-state index contributed by atoms with van der Waals surface area (Å²) < 4.78 is 10.5. The summed E-state index contributed by atoms with van der Waals surface area (Å²) in [6, 6.07) is 6.56. The molecule has 1 aliphatic heterocycles. The van der Waals surface area contributed by atoms with Crippen molar-refractivity contribution in [2.45, 2.75) is 20.8 Å². The van der Waals surface area contributed by atoms with E-state index in [0.29, 0.717) is 26.4 Å². The number of aryl methyl sites for hydroxylation is 1. The van der Waals surface area contributed by atoms with Gasteiger partial charge in [-0.1, -0.05) is 12.1 Å². The topological polar surface area (TPSA) is 49.3 Å². The first-order valence-electron chi connectivity index (χ1n) is 9.58. The van der Waals surface area contributed by atoms with Crippen LogP contribution in [0.25, 0.3) is 0 Å². The van der Waals surface area contributed by atoms with Gasteiger partial charge in [0.25, 0.3) is 0 Å². The number of methoxy groups -OCH3 is 1. The van der Waals surface area contributed by atoms with Gasteiger partial charge >= 0.3 is 0 Å². The quantitative estimate of drug-likeness (QED) is 0.263. The van der Waals surface area contributed by atoms with Crippen LogP contribution >= 0.6 is 24.0 Å². The molecule has 0 saturated carbocycles. The van der Waals surface area contributed by atoms with Gasteiger partial charge in [-0.2, -0.15) is 0 Å². The highest BCUT2D eigenvalue weighted by Gasteiger charge is 2.20. The molecule has 1 heterocycles. The number of anilines is 1. The third kappa shape index (κ3) is 7.46. The number of nitrogens with one attached hydrogen (secondary N) is 1. The molecule has 7 heteroatoms. The van der Waals surface area contributed by atoms with Crippen molar-refractivity contribution in [3.05, 3.63) is 29.3 Å². The number of halogens is 1. The van der Waals surface area contributed by atoms with Gasteiger partial charge in [0, 0.05) is 45.5 Å². The van der Waals surface area contributed by atoms with Crippen LogP contribution in [0.3, 0.4) is 0 Å². The number of guanidine groups is 1. The Labute approximate surface area is 181 Å². The predicted octanol–water partition coefficient (Wildman–Crippen LogP) is 2.67. The van der Waals surface area contributed by atoms with Crippen LogP contribution in [0.15, 0.2) is 23.2 Å². The maximum Gasteiger partial charge on any atom is 0.194 e. The van der Waals surface area contributed by atoms with E-state index in [0.717, 1.165) is 38.7 Å². The zero-order valence-corrected chi connectivity index (χ0v) is 19.5. The van der Waals surface area contributed by atoms with Crippen molar-refractivity contribution in [2.24, 2.45) is 4.99 Å². The fraction of sp³-hybridized carbons (Fsp3) is 0.650. The first-order valence-corrected chi connectivity index (χ1v) is 9.58. The molecule has 6 nitrogen and oxygen atoms in total. The van der Waals surface area contributed by atoms with Crippen molar-refractivity contribution in [1.82, 2.24) is 10.2 Å². The van der Waals surface area contributed by atoms with E-state index < -0.39 is 0 Å². The second-order valence-corrected chi connectivity index (χ2v) is 6.53. The predicted molar refractivity (Wildman–Crippen MR) is 124 cm³/mol. The van der Waals surface area contributed by atoms with Crippen molar-refractivity contribution in [3.8, 4) is 0 Å². The summed E-state index contributed by atoms with van der Waals surface area (Å²) >= 11 is 0. The minimum Gasteiger partial charge on any atom is -0.382 e. The Balaban J connectivity index is 0.00000364. The van der Waals surface area contributed by atoms with E-state index in [9.17, 15) is 0 Å². The lowest BCUT2D eigenvalue weighted by atomic mass is 10.1. The van der Waals surface area contributed by atoms with Crippen molar-refractivity contribution < 1.29 is 9.47 Å². The third-order valence-electron chi connectivity index (χ3n) is 4.76. The molecule has 0 amide bonds. The van der Waals surface area contributed by atoms with E-state index >= 15 is 0 Å². The normalized spacial score (nSPS) is 14.9. The Morgan fingerprint density at radius 3 is 2.52 bits per heavy atom. The third-order valence-corrected chi connectivity index (χ3v) is 4.76. The molecule has 0 radical (unpaired) electrons. The van der Waals surface area contributed by atoms with Crippen LogP contribution in [0.2, 0.25) is 0 Å². The van der Waals surface area contributed by atoms with Gasteiger partial charge < -0.3 is 24.6 Å². The van der Waals surface area contributed by atoms with Gasteiger partial charge in [0.05, 0.1) is 26.4 Å². The molecule has 1 saturated heterocycles. The zero-order valence-electron chi connectivity index (χ0n) is 17.2. The molecule has 0 atom stereocenters. The molecule has 1 aliphatic rings. The highest BCUT2D eigenvalue weighted by molar-refractivity contribution is 14.0. The van der Waals surface area contributed by atoms with E-state index in [1.54, 1.807) is 7.11 Å². The maximum atomic E-state index is 5.50. The molecule has 154 valence electrons. The van der Waals surface area contributed by atoms with Crippen LogP contribution in [-0.4, -0.2) is 77.1 Å². The number of rotatable bonds is 8.